The Morgan fingerprint density at radius 1 is 1.03 bits per heavy atom. The SMILES string of the molecule is CC(=O)O[C@@H]1C2=C(c3c(c(O)c4c(O)cccc4c3O)C2=NN)[C@H](O)[C@@H](OC(C)=O)[C@]1(C)O. The number of ether oxygens (including phenoxy) is 2. The fourth-order valence-electron chi connectivity index (χ4n) is 4.70. The third kappa shape index (κ3) is 3.00. The Bertz CT molecular complexity index is 1280. The number of aromatic hydroxyl groups is 3. The van der Waals surface area contributed by atoms with Crippen molar-refractivity contribution >= 4 is 34.0 Å². The lowest BCUT2D eigenvalue weighted by molar-refractivity contribution is -0.197. The zero-order valence-electron chi connectivity index (χ0n) is 17.9. The van der Waals surface area contributed by atoms with Crippen LogP contribution < -0.4 is 5.84 Å². The van der Waals surface area contributed by atoms with Gasteiger partial charge in [0.2, 0.25) is 0 Å². The van der Waals surface area contributed by atoms with E-state index in [4.69, 9.17) is 15.3 Å². The van der Waals surface area contributed by atoms with Gasteiger partial charge in [-0.3, -0.25) is 9.59 Å². The van der Waals surface area contributed by atoms with Crippen molar-refractivity contribution in [3.8, 4) is 17.2 Å². The van der Waals surface area contributed by atoms with Crippen molar-refractivity contribution in [1.29, 1.82) is 0 Å². The number of hydrazone groups is 1. The maximum atomic E-state index is 11.9. The lowest BCUT2D eigenvalue weighted by atomic mass is 9.74. The van der Waals surface area contributed by atoms with E-state index >= 15 is 0 Å². The molecule has 0 amide bonds. The van der Waals surface area contributed by atoms with Gasteiger partial charge in [-0.1, -0.05) is 12.1 Å². The number of nitrogens with zero attached hydrogens (tertiary/aromatic N) is 1. The number of benzene rings is 2. The molecule has 2 aromatic rings. The second-order valence-corrected chi connectivity index (χ2v) is 8.14. The molecule has 11 heteroatoms. The Hall–Kier alpha value is -3.83. The average molecular weight is 458 g/mol. The highest BCUT2D eigenvalue weighted by molar-refractivity contribution is 6.29. The molecule has 2 aliphatic rings. The smallest absolute Gasteiger partial charge is 0.303 e. The minimum absolute atomic E-state index is 0.0500. The Morgan fingerprint density at radius 3 is 2.24 bits per heavy atom. The van der Waals surface area contributed by atoms with E-state index in [9.17, 15) is 35.1 Å². The first-order chi connectivity index (χ1) is 15.4. The van der Waals surface area contributed by atoms with Crippen LogP contribution in [0.3, 0.4) is 0 Å². The normalized spacial score (nSPS) is 27.4. The number of carbonyl (C=O) groups is 2. The number of phenols is 3. The van der Waals surface area contributed by atoms with Crippen LogP contribution in [0.5, 0.6) is 17.2 Å². The zero-order valence-corrected chi connectivity index (χ0v) is 17.9. The number of hydrogen-bond acceptors (Lipinski definition) is 11. The summed E-state index contributed by atoms with van der Waals surface area (Å²) in [5.74, 6) is 2.68. The van der Waals surface area contributed by atoms with Gasteiger partial charge in [0.25, 0.3) is 0 Å². The van der Waals surface area contributed by atoms with E-state index < -0.39 is 47.4 Å². The van der Waals surface area contributed by atoms with Crippen LogP contribution in [0.1, 0.15) is 31.9 Å². The molecule has 0 radical (unpaired) electrons. The molecule has 0 heterocycles. The standard InChI is InChI=1S/C22H22N2O9/c1-7(25)32-20-15-13(19(30)21(22(20,3)31)33-8(2)26)12-14(16(15)24-23)18(29)11-9(17(12)28)5-4-6-10(11)27/h4-6,19-21,27-31H,23H2,1-3H3/t19-,20+,21+,22+/m0/s1. The quantitative estimate of drug-likeness (QED) is 0.159. The first-order valence-electron chi connectivity index (χ1n) is 9.90. The predicted molar refractivity (Wildman–Crippen MR) is 114 cm³/mol. The highest BCUT2D eigenvalue weighted by Gasteiger charge is 2.59. The van der Waals surface area contributed by atoms with Gasteiger partial charge in [0.1, 0.15) is 34.7 Å². The summed E-state index contributed by atoms with van der Waals surface area (Å²) < 4.78 is 10.5. The van der Waals surface area contributed by atoms with Gasteiger partial charge in [0, 0.05) is 35.9 Å². The minimum atomic E-state index is -2.15. The van der Waals surface area contributed by atoms with Gasteiger partial charge in [-0.25, -0.2) is 0 Å². The number of aliphatic hydroxyl groups excluding tert-OH is 1. The number of carbonyl (C=O) groups excluding carboxylic acids is 2. The number of phenolic OH excluding ortho intramolecular Hbond substituents is 3. The van der Waals surface area contributed by atoms with E-state index in [1.807, 2.05) is 0 Å². The molecule has 2 aliphatic carbocycles. The lowest BCUT2D eigenvalue weighted by Gasteiger charge is -2.44. The summed E-state index contributed by atoms with van der Waals surface area (Å²) in [5.41, 5.74) is -2.78. The first kappa shape index (κ1) is 22.4. The molecule has 0 fully saturated rings. The van der Waals surface area contributed by atoms with Crippen LogP contribution in [0.15, 0.2) is 28.9 Å². The highest BCUT2D eigenvalue weighted by Crippen LogP contribution is 2.55. The maximum absolute atomic E-state index is 11.9. The second kappa shape index (κ2) is 7.36. The molecule has 0 saturated carbocycles. The summed E-state index contributed by atoms with van der Waals surface area (Å²) in [6, 6.07) is 4.17. The Kier molecular flexibility index (Phi) is 4.99. The van der Waals surface area contributed by atoms with Crippen molar-refractivity contribution in [2.75, 3.05) is 0 Å². The van der Waals surface area contributed by atoms with Crippen molar-refractivity contribution in [2.24, 2.45) is 10.9 Å². The maximum Gasteiger partial charge on any atom is 0.303 e. The van der Waals surface area contributed by atoms with Crippen molar-refractivity contribution < 1.29 is 44.6 Å². The molecule has 0 aliphatic heterocycles. The van der Waals surface area contributed by atoms with E-state index in [-0.39, 0.29) is 44.5 Å². The number of esters is 2. The molecule has 2 aromatic carbocycles. The van der Waals surface area contributed by atoms with Crippen molar-refractivity contribution in [2.45, 2.75) is 44.7 Å². The van der Waals surface area contributed by atoms with Crippen LogP contribution in [-0.2, 0) is 19.1 Å². The number of fused-ring (bicyclic) bond motifs is 3. The van der Waals surface area contributed by atoms with Crippen molar-refractivity contribution in [3.63, 3.8) is 0 Å². The molecule has 0 aromatic heterocycles. The fraction of sp³-hybridized carbons (Fsp3) is 0.318. The van der Waals surface area contributed by atoms with Crippen LogP contribution >= 0.6 is 0 Å². The molecule has 4 rings (SSSR count). The zero-order chi connectivity index (χ0) is 24.4. The van der Waals surface area contributed by atoms with Crippen molar-refractivity contribution in [3.05, 3.63) is 34.9 Å². The predicted octanol–water partition coefficient (Wildman–Crippen LogP) is 0.376. The van der Waals surface area contributed by atoms with Crippen LogP contribution in [0.4, 0.5) is 0 Å². The summed E-state index contributed by atoms with van der Waals surface area (Å²) in [5, 5.41) is 58.6. The third-order valence-corrected chi connectivity index (χ3v) is 5.97. The number of rotatable bonds is 2. The van der Waals surface area contributed by atoms with Gasteiger partial charge in [-0.05, 0) is 13.0 Å². The molecule has 4 atom stereocenters. The molecule has 174 valence electrons. The first-order valence-corrected chi connectivity index (χ1v) is 9.90. The van der Waals surface area contributed by atoms with Crippen LogP contribution in [0, 0.1) is 0 Å². The van der Waals surface area contributed by atoms with Crippen LogP contribution in [-0.4, -0.2) is 67.1 Å². The fourth-order valence-corrected chi connectivity index (χ4v) is 4.70. The summed E-state index contributed by atoms with van der Waals surface area (Å²) in [6.07, 6.45) is -4.91. The summed E-state index contributed by atoms with van der Waals surface area (Å²) in [7, 11) is 0. The van der Waals surface area contributed by atoms with Gasteiger partial charge < -0.3 is 40.8 Å². The van der Waals surface area contributed by atoms with E-state index in [0.717, 1.165) is 13.8 Å². The molecule has 0 saturated heterocycles. The van der Waals surface area contributed by atoms with Crippen molar-refractivity contribution in [1.82, 2.24) is 0 Å². The molecule has 33 heavy (non-hydrogen) atoms. The summed E-state index contributed by atoms with van der Waals surface area (Å²) in [6.45, 7) is 3.35. The Morgan fingerprint density at radius 2 is 1.67 bits per heavy atom. The van der Waals surface area contributed by atoms with E-state index in [1.165, 1.54) is 25.1 Å². The van der Waals surface area contributed by atoms with E-state index in [2.05, 4.69) is 5.10 Å². The molecular weight excluding hydrogens is 436 g/mol. The monoisotopic (exact) mass is 458 g/mol. The van der Waals surface area contributed by atoms with Gasteiger partial charge >= 0.3 is 11.9 Å². The second-order valence-electron chi connectivity index (χ2n) is 8.14. The van der Waals surface area contributed by atoms with Crippen LogP contribution in [0.25, 0.3) is 16.3 Å². The molecule has 11 nitrogen and oxygen atoms in total. The minimum Gasteiger partial charge on any atom is -0.507 e. The van der Waals surface area contributed by atoms with Gasteiger partial charge in [0.15, 0.2) is 12.2 Å². The topological polar surface area (TPSA) is 192 Å². The summed E-state index contributed by atoms with van der Waals surface area (Å²) >= 11 is 0. The molecule has 7 N–H and O–H groups in total. The highest BCUT2D eigenvalue weighted by atomic mass is 16.6. The van der Waals surface area contributed by atoms with Gasteiger partial charge in [-0.2, -0.15) is 5.10 Å². The third-order valence-electron chi connectivity index (χ3n) is 5.97. The Labute approximate surface area is 187 Å². The lowest BCUT2D eigenvalue weighted by Crippen LogP contribution is -2.61. The largest absolute Gasteiger partial charge is 0.507 e. The number of nitrogens with two attached hydrogens (primary N) is 1. The van der Waals surface area contributed by atoms with E-state index in [0.29, 0.717) is 0 Å². The molecule has 0 unspecified atom stereocenters. The molecular formula is C22H22N2O9. The molecule has 0 spiro atoms. The van der Waals surface area contributed by atoms with Gasteiger partial charge in [0.05, 0.1) is 10.9 Å². The average Bonchev–Trinajstić information content (AvgIpc) is 3.07. The van der Waals surface area contributed by atoms with Gasteiger partial charge in [-0.15, -0.1) is 0 Å². The number of aliphatic hydroxyl groups is 2. The number of hydrogen-bond donors (Lipinski definition) is 6. The Balaban J connectivity index is 2.13. The molecule has 0 bridgehead atoms. The summed E-state index contributed by atoms with van der Waals surface area (Å²) in [4.78, 5) is 23.6. The van der Waals surface area contributed by atoms with Crippen LogP contribution in [0.2, 0.25) is 0 Å². The van der Waals surface area contributed by atoms with E-state index in [1.54, 1.807) is 0 Å².